The standard InChI is InChI=1S/C19H18F3N3O2S2/c1-3-25-17(19(20,21)22)16(13-9-11-14(28-2)12-10-13)18(23-25)24-29(26,27)15-7-5-4-6-8-15/h4-12H,3H2,1-2H3,(H,23,24). The van der Waals surface area contributed by atoms with Crippen LogP contribution in [0.3, 0.4) is 0 Å². The lowest BCUT2D eigenvalue weighted by Crippen LogP contribution is -2.15. The first kappa shape index (κ1) is 21.3. The lowest BCUT2D eigenvalue weighted by Gasteiger charge is -2.12. The molecule has 2 aromatic carbocycles. The second-order valence-electron chi connectivity index (χ2n) is 6.03. The highest BCUT2D eigenvalue weighted by molar-refractivity contribution is 7.98. The van der Waals surface area contributed by atoms with Gasteiger partial charge in [-0.3, -0.25) is 9.40 Å². The van der Waals surface area contributed by atoms with Crippen LogP contribution in [0, 0.1) is 0 Å². The Hall–Kier alpha value is -2.46. The van der Waals surface area contributed by atoms with Gasteiger partial charge in [0.15, 0.2) is 11.5 Å². The minimum absolute atomic E-state index is 0.0664. The molecule has 3 rings (SSSR count). The number of nitrogens with zero attached hydrogens (tertiary/aromatic N) is 2. The predicted octanol–water partition coefficient (Wildman–Crippen LogP) is 5.11. The molecule has 5 nitrogen and oxygen atoms in total. The van der Waals surface area contributed by atoms with Gasteiger partial charge < -0.3 is 0 Å². The molecule has 0 saturated carbocycles. The van der Waals surface area contributed by atoms with Gasteiger partial charge in [-0.2, -0.15) is 18.3 Å². The number of nitrogens with one attached hydrogen (secondary N) is 1. The van der Waals surface area contributed by atoms with Crippen LogP contribution in [-0.2, 0) is 22.7 Å². The summed E-state index contributed by atoms with van der Waals surface area (Å²) in [5.41, 5.74) is -1.07. The van der Waals surface area contributed by atoms with E-state index in [0.29, 0.717) is 0 Å². The average Bonchev–Trinajstić information content (AvgIpc) is 3.06. The molecule has 0 atom stereocenters. The average molecular weight is 442 g/mol. The van der Waals surface area contributed by atoms with Gasteiger partial charge in [-0.15, -0.1) is 11.8 Å². The van der Waals surface area contributed by atoms with E-state index in [9.17, 15) is 21.6 Å². The van der Waals surface area contributed by atoms with Crippen LogP contribution in [-0.4, -0.2) is 24.5 Å². The summed E-state index contributed by atoms with van der Waals surface area (Å²) in [4.78, 5) is 0.805. The molecule has 0 amide bonds. The molecule has 29 heavy (non-hydrogen) atoms. The predicted molar refractivity (Wildman–Crippen MR) is 107 cm³/mol. The maximum absolute atomic E-state index is 13.9. The van der Waals surface area contributed by atoms with E-state index in [2.05, 4.69) is 9.82 Å². The number of thioether (sulfide) groups is 1. The molecule has 154 valence electrons. The second-order valence-corrected chi connectivity index (χ2v) is 8.59. The molecule has 0 aliphatic rings. The Bertz CT molecular complexity index is 1090. The lowest BCUT2D eigenvalue weighted by molar-refractivity contribution is -0.143. The highest BCUT2D eigenvalue weighted by Crippen LogP contribution is 2.42. The maximum atomic E-state index is 13.9. The van der Waals surface area contributed by atoms with Crippen molar-refractivity contribution >= 4 is 27.6 Å². The SMILES string of the molecule is CCn1nc(NS(=O)(=O)c2ccccc2)c(-c2ccc(SC)cc2)c1C(F)(F)F. The Labute approximate surface area is 171 Å². The number of hydrogen-bond acceptors (Lipinski definition) is 4. The fourth-order valence-corrected chi connectivity index (χ4v) is 4.31. The fourth-order valence-electron chi connectivity index (χ4n) is 2.87. The van der Waals surface area contributed by atoms with Crippen molar-refractivity contribution in [2.45, 2.75) is 29.4 Å². The van der Waals surface area contributed by atoms with Crippen LogP contribution in [0.1, 0.15) is 12.6 Å². The van der Waals surface area contributed by atoms with Crippen LogP contribution in [0.25, 0.3) is 11.1 Å². The van der Waals surface area contributed by atoms with Gasteiger partial charge in [-0.25, -0.2) is 8.42 Å². The number of sulfonamides is 1. The van der Waals surface area contributed by atoms with Gasteiger partial charge in [-0.05, 0) is 43.0 Å². The summed E-state index contributed by atoms with van der Waals surface area (Å²) in [5.74, 6) is -0.361. The Morgan fingerprint density at radius 1 is 1.07 bits per heavy atom. The number of anilines is 1. The lowest BCUT2D eigenvalue weighted by atomic mass is 10.1. The second kappa shape index (κ2) is 8.11. The van der Waals surface area contributed by atoms with Crippen molar-refractivity contribution in [2.75, 3.05) is 11.0 Å². The van der Waals surface area contributed by atoms with Crippen LogP contribution in [0.15, 0.2) is 64.4 Å². The number of benzene rings is 2. The number of aryl methyl sites for hydroxylation is 1. The number of aromatic nitrogens is 2. The molecule has 0 radical (unpaired) electrons. The number of hydrogen-bond donors (Lipinski definition) is 1. The molecule has 0 unspecified atom stereocenters. The van der Waals surface area contributed by atoms with Gasteiger partial charge in [0.25, 0.3) is 10.0 Å². The number of alkyl halides is 3. The van der Waals surface area contributed by atoms with Gasteiger partial charge in [0, 0.05) is 11.4 Å². The fraction of sp³-hybridized carbons (Fsp3) is 0.211. The quantitative estimate of drug-likeness (QED) is 0.540. The number of halogens is 3. The van der Waals surface area contributed by atoms with E-state index in [4.69, 9.17) is 0 Å². The molecule has 0 fully saturated rings. The van der Waals surface area contributed by atoms with E-state index in [1.165, 1.54) is 55.1 Å². The highest BCUT2D eigenvalue weighted by atomic mass is 32.2. The Morgan fingerprint density at radius 2 is 1.69 bits per heavy atom. The molecule has 0 saturated heterocycles. The monoisotopic (exact) mass is 441 g/mol. The first-order valence-corrected chi connectivity index (χ1v) is 11.3. The van der Waals surface area contributed by atoms with E-state index in [-0.39, 0.29) is 28.4 Å². The molecule has 0 bridgehead atoms. The molecule has 1 aromatic heterocycles. The molecule has 0 aliphatic carbocycles. The molecular formula is C19H18F3N3O2S2. The number of rotatable bonds is 6. The largest absolute Gasteiger partial charge is 0.433 e. The molecule has 0 spiro atoms. The molecule has 1 N–H and O–H groups in total. The van der Waals surface area contributed by atoms with Crippen LogP contribution in [0.4, 0.5) is 19.0 Å². The zero-order chi connectivity index (χ0) is 21.2. The summed E-state index contributed by atoms with van der Waals surface area (Å²) in [7, 11) is -4.11. The Kier molecular flexibility index (Phi) is 5.95. The highest BCUT2D eigenvalue weighted by Gasteiger charge is 2.40. The van der Waals surface area contributed by atoms with Crippen molar-refractivity contribution in [3.63, 3.8) is 0 Å². The van der Waals surface area contributed by atoms with Crippen molar-refractivity contribution < 1.29 is 21.6 Å². The maximum Gasteiger partial charge on any atom is 0.433 e. The van der Waals surface area contributed by atoms with E-state index < -0.39 is 21.9 Å². The third-order valence-corrected chi connectivity index (χ3v) is 6.28. The van der Waals surface area contributed by atoms with Crippen molar-refractivity contribution in [1.29, 1.82) is 0 Å². The van der Waals surface area contributed by atoms with Gasteiger partial charge in [0.1, 0.15) is 0 Å². The van der Waals surface area contributed by atoms with Crippen molar-refractivity contribution in [3.05, 3.63) is 60.3 Å². The molecular weight excluding hydrogens is 423 g/mol. The van der Waals surface area contributed by atoms with E-state index in [1.54, 1.807) is 18.2 Å². The van der Waals surface area contributed by atoms with Gasteiger partial charge in [0.2, 0.25) is 0 Å². The third kappa shape index (κ3) is 4.43. The van der Waals surface area contributed by atoms with Crippen LogP contribution < -0.4 is 4.72 Å². The summed E-state index contributed by atoms with van der Waals surface area (Å²) in [6.45, 7) is 1.44. The first-order valence-electron chi connectivity index (χ1n) is 8.57. The Morgan fingerprint density at radius 3 is 2.21 bits per heavy atom. The zero-order valence-corrected chi connectivity index (χ0v) is 17.2. The Balaban J connectivity index is 2.20. The molecule has 10 heteroatoms. The minimum Gasteiger partial charge on any atom is -0.261 e. The van der Waals surface area contributed by atoms with Crippen molar-refractivity contribution in [3.8, 4) is 11.1 Å². The van der Waals surface area contributed by atoms with Crippen LogP contribution in [0.2, 0.25) is 0 Å². The van der Waals surface area contributed by atoms with Crippen LogP contribution in [0.5, 0.6) is 0 Å². The van der Waals surface area contributed by atoms with Gasteiger partial charge in [0.05, 0.1) is 10.5 Å². The molecule has 0 aliphatic heterocycles. The summed E-state index contributed by atoms with van der Waals surface area (Å²) in [5, 5.41) is 3.93. The molecule has 3 aromatic rings. The zero-order valence-electron chi connectivity index (χ0n) is 15.6. The third-order valence-electron chi connectivity index (χ3n) is 4.18. The summed E-state index contributed by atoms with van der Waals surface area (Å²) < 4.78 is 70.0. The van der Waals surface area contributed by atoms with E-state index >= 15 is 0 Å². The summed E-state index contributed by atoms with van der Waals surface area (Å²) in [6, 6.07) is 13.8. The smallest absolute Gasteiger partial charge is 0.261 e. The van der Waals surface area contributed by atoms with E-state index in [0.717, 1.165) is 9.58 Å². The van der Waals surface area contributed by atoms with Crippen molar-refractivity contribution in [2.24, 2.45) is 0 Å². The van der Waals surface area contributed by atoms with Crippen molar-refractivity contribution in [1.82, 2.24) is 9.78 Å². The topological polar surface area (TPSA) is 64.0 Å². The van der Waals surface area contributed by atoms with Crippen LogP contribution >= 0.6 is 11.8 Å². The van der Waals surface area contributed by atoms with Gasteiger partial charge >= 0.3 is 6.18 Å². The summed E-state index contributed by atoms with van der Waals surface area (Å²) >= 11 is 1.45. The minimum atomic E-state index is -4.72. The van der Waals surface area contributed by atoms with Gasteiger partial charge in [-0.1, -0.05) is 30.3 Å². The molecule has 1 heterocycles. The normalized spacial score (nSPS) is 12.2. The summed E-state index contributed by atoms with van der Waals surface area (Å²) in [6.07, 6.45) is -2.86. The first-order chi connectivity index (χ1) is 13.7. The van der Waals surface area contributed by atoms with E-state index in [1.807, 2.05) is 6.26 Å².